The number of hydrogen-bond acceptors (Lipinski definition) is 2. The van der Waals surface area contributed by atoms with Crippen LogP contribution in [0.2, 0.25) is 0 Å². The van der Waals surface area contributed by atoms with Crippen molar-refractivity contribution in [2.45, 2.75) is 23.3 Å². The lowest BCUT2D eigenvalue weighted by Gasteiger charge is -2.06. The zero-order valence-corrected chi connectivity index (χ0v) is 11.8. The molecule has 3 rings (SSSR count). The van der Waals surface area contributed by atoms with Crippen LogP contribution >= 0.6 is 0 Å². The molecule has 0 saturated heterocycles. The van der Waals surface area contributed by atoms with Crippen LogP contribution in [-0.2, 0) is 10.0 Å². The van der Waals surface area contributed by atoms with E-state index in [0.717, 1.165) is 12.1 Å². The molecule has 1 aliphatic rings. The highest BCUT2D eigenvalue weighted by Crippen LogP contribution is 2.41. The van der Waals surface area contributed by atoms with Crippen molar-refractivity contribution >= 4 is 10.0 Å². The first-order chi connectivity index (χ1) is 9.97. The first-order valence-electron chi connectivity index (χ1n) is 6.50. The smallest absolute Gasteiger partial charge is 0.207 e. The van der Waals surface area contributed by atoms with Crippen molar-refractivity contribution in [3.8, 4) is 0 Å². The third kappa shape index (κ3) is 2.96. The van der Waals surface area contributed by atoms with Crippen LogP contribution in [0, 0.1) is 11.6 Å². The molecule has 1 N–H and O–H groups in total. The Morgan fingerprint density at radius 1 is 1.00 bits per heavy atom. The van der Waals surface area contributed by atoms with Gasteiger partial charge in [0.25, 0.3) is 0 Å². The largest absolute Gasteiger partial charge is 0.240 e. The van der Waals surface area contributed by atoms with Gasteiger partial charge in [0.05, 0.1) is 4.90 Å². The Morgan fingerprint density at radius 2 is 1.71 bits per heavy atom. The first-order valence-corrected chi connectivity index (χ1v) is 7.98. The van der Waals surface area contributed by atoms with E-state index >= 15 is 0 Å². The van der Waals surface area contributed by atoms with E-state index < -0.39 is 21.7 Å². The summed E-state index contributed by atoms with van der Waals surface area (Å²) in [6, 6.07) is 11.4. The summed E-state index contributed by atoms with van der Waals surface area (Å²) in [5.74, 6) is -1.93. The number of halogens is 2. The van der Waals surface area contributed by atoms with Gasteiger partial charge < -0.3 is 0 Å². The standard InChI is InChI=1S/C15H13F2NO2S/c16-13-7-6-10(8-14(13)17)12-9-15(12)18-21(19,20)11-4-2-1-3-5-11/h1-8,12,15,18H,9H2. The SMILES string of the molecule is O=S(=O)(NC1CC1c1ccc(F)c(F)c1)c1ccccc1. The molecule has 1 aliphatic carbocycles. The molecule has 1 fully saturated rings. The van der Waals surface area contributed by atoms with Gasteiger partial charge in [-0.25, -0.2) is 21.9 Å². The zero-order chi connectivity index (χ0) is 15.0. The summed E-state index contributed by atoms with van der Waals surface area (Å²) in [5, 5.41) is 0. The average Bonchev–Trinajstić information content (AvgIpc) is 3.21. The minimum absolute atomic E-state index is 0.112. The molecule has 0 spiro atoms. The molecule has 110 valence electrons. The summed E-state index contributed by atoms with van der Waals surface area (Å²) in [7, 11) is -3.57. The topological polar surface area (TPSA) is 46.2 Å². The van der Waals surface area contributed by atoms with Gasteiger partial charge in [0.2, 0.25) is 10.0 Å². The molecule has 0 radical (unpaired) electrons. The molecule has 1 saturated carbocycles. The zero-order valence-electron chi connectivity index (χ0n) is 11.0. The van der Waals surface area contributed by atoms with E-state index in [1.54, 1.807) is 18.2 Å². The highest BCUT2D eigenvalue weighted by molar-refractivity contribution is 7.89. The van der Waals surface area contributed by atoms with Crippen LogP contribution in [0.3, 0.4) is 0 Å². The molecular formula is C15H13F2NO2S. The number of nitrogens with one attached hydrogen (secondary N) is 1. The number of benzene rings is 2. The fourth-order valence-electron chi connectivity index (χ4n) is 2.30. The van der Waals surface area contributed by atoms with E-state index in [4.69, 9.17) is 0 Å². The molecule has 0 aromatic heterocycles. The lowest BCUT2D eigenvalue weighted by Crippen LogP contribution is -2.26. The van der Waals surface area contributed by atoms with Gasteiger partial charge in [0.1, 0.15) is 0 Å². The highest BCUT2D eigenvalue weighted by Gasteiger charge is 2.41. The molecule has 2 unspecified atom stereocenters. The van der Waals surface area contributed by atoms with Gasteiger partial charge in [0, 0.05) is 12.0 Å². The Bertz CT molecular complexity index is 762. The molecule has 0 aliphatic heterocycles. The van der Waals surface area contributed by atoms with Gasteiger partial charge in [-0.05, 0) is 36.2 Å². The lowest BCUT2D eigenvalue weighted by molar-refractivity contribution is 0.507. The van der Waals surface area contributed by atoms with Crippen molar-refractivity contribution in [2.75, 3.05) is 0 Å². The van der Waals surface area contributed by atoms with Crippen LogP contribution in [0.4, 0.5) is 8.78 Å². The third-order valence-corrected chi connectivity index (χ3v) is 5.03. The van der Waals surface area contributed by atoms with E-state index in [2.05, 4.69) is 4.72 Å². The van der Waals surface area contributed by atoms with E-state index in [0.29, 0.717) is 12.0 Å². The Morgan fingerprint density at radius 3 is 2.38 bits per heavy atom. The van der Waals surface area contributed by atoms with E-state index in [9.17, 15) is 17.2 Å². The predicted octanol–water partition coefficient (Wildman–Crippen LogP) is 2.80. The second-order valence-corrected chi connectivity index (χ2v) is 6.77. The quantitative estimate of drug-likeness (QED) is 0.944. The van der Waals surface area contributed by atoms with Crippen LogP contribution in [0.5, 0.6) is 0 Å². The normalized spacial score (nSPS) is 21.2. The monoisotopic (exact) mass is 309 g/mol. The van der Waals surface area contributed by atoms with Gasteiger partial charge >= 0.3 is 0 Å². The Kier molecular flexibility index (Phi) is 3.51. The van der Waals surface area contributed by atoms with Gasteiger partial charge in [-0.3, -0.25) is 0 Å². The second kappa shape index (κ2) is 5.20. The molecule has 0 amide bonds. The molecule has 21 heavy (non-hydrogen) atoms. The number of rotatable bonds is 4. The molecule has 2 atom stereocenters. The summed E-state index contributed by atoms with van der Waals surface area (Å²) in [6.45, 7) is 0. The van der Waals surface area contributed by atoms with Crippen molar-refractivity contribution in [2.24, 2.45) is 0 Å². The van der Waals surface area contributed by atoms with Gasteiger partial charge in [-0.2, -0.15) is 0 Å². The predicted molar refractivity (Wildman–Crippen MR) is 74.3 cm³/mol. The van der Waals surface area contributed by atoms with Crippen LogP contribution in [0.15, 0.2) is 53.4 Å². The lowest BCUT2D eigenvalue weighted by atomic mass is 10.1. The number of hydrogen-bond donors (Lipinski definition) is 1. The maximum Gasteiger partial charge on any atom is 0.240 e. The summed E-state index contributed by atoms with van der Waals surface area (Å²) in [5.41, 5.74) is 0.606. The highest BCUT2D eigenvalue weighted by atomic mass is 32.2. The van der Waals surface area contributed by atoms with Crippen molar-refractivity contribution in [1.29, 1.82) is 0 Å². The van der Waals surface area contributed by atoms with Crippen molar-refractivity contribution < 1.29 is 17.2 Å². The molecular weight excluding hydrogens is 296 g/mol. The van der Waals surface area contributed by atoms with E-state index in [1.165, 1.54) is 18.2 Å². The van der Waals surface area contributed by atoms with Crippen molar-refractivity contribution in [3.05, 3.63) is 65.7 Å². The van der Waals surface area contributed by atoms with Crippen LogP contribution in [-0.4, -0.2) is 14.5 Å². The van der Waals surface area contributed by atoms with Crippen LogP contribution < -0.4 is 4.72 Å². The Balaban J connectivity index is 1.73. The summed E-state index contributed by atoms with van der Waals surface area (Å²) >= 11 is 0. The second-order valence-electron chi connectivity index (χ2n) is 5.06. The summed E-state index contributed by atoms with van der Waals surface area (Å²) in [6.07, 6.45) is 0.580. The molecule has 3 nitrogen and oxygen atoms in total. The van der Waals surface area contributed by atoms with Crippen molar-refractivity contribution in [1.82, 2.24) is 4.72 Å². The maximum absolute atomic E-state index is 13.2. The third-order valence-electron chi connectivity index (χ3n) is 3.52. The molecule has 0 heterocycles. The minimum atomic E-state index is -3.57. The first kappa shape index (κ1) is 14.2. The molecule has 2 aromatic carbocycles. The van der Waals surface area contributed by atoms with E-state index in [1.807, 2.05) is 0 Å². The Labute approximate surface area is 121 Å². The molecule has 0 bridgehead atoms. The maximum atomic E-state index is 13.2. The molecule has 2 aromatic rings. The van der Waals surface area contributed by atoms with Crippen LogP contribution in [0.25, 0.3) is 0 Å². The summed E-state index contributed by atoms with van der Waals surface area (Å²) in [4.78, 5) is 0.195. The average molecular weight is 309 g/mol. The fourth-order valence-corrected chi connectivity index (χ4v) is 3.61. The van der Waals surface area contributed by atoms with Gasteiger partial charge in [-0.1, -0.05) is 24.3 Å². The van der Waals surface area contributed by atoms with Gasteiger partial charge in [-0.15, -0.1) is 0 Å². The van der Waals surface area contributed by atoms with Gasteiger partial charge in [0.15, 0.2) is 11.6 Å². The molecule has 6 heteroatoms. The Hall–Kier alpha value is -1.79. The summed E-state index contributed by atoms with van der Waals surface area (Å²) < 4.78 is 52.9. The minimum Gasteiger partial charge on any atom is -0.207 e. The fraction of sp³-hybridized carbons (Fsp3) is 0.200. The number of sulfonamides is 1. The van der Waals surface area contributed by atoms with Crippen LogP contribution in [0.1, 0.15) is 17.9 Å². The van der Waals surface area contributed by atoms with E-state index in [-0.39, 0.29) is 16.9 Å². The van der Waals surface area contributed by atoms with Crippen molar-refractivity contribution in [3.63, 3.8) is 0 Å².